The molecule has 2 rings (SSSR count). The van der Waals surface area contributed by atoms with Gasteiger partial charge in [-0.25, -0.2) is 0 Å². The number of hydrogen-bond acceptors (Lipinski definition) is 3. The van der Waals surface area contributed by atoms with Crippen LogP contribution in [0.2, 0.25) is 0 Å². The molecule has 106 valence electrons. The molecule has 0 saturated carbocycles. The molecule has 0 spiro atoms. The predicted molar refractivity (Wildman–Crippen MR) is 77.6 cm³/mol. The molecular weight excluding hydrogens is 238 g/mol. The quantitative estimate of drug-likeness (QED) is 0.856. The fraction of sp³-hybridized carbons (Fsp3) is 0.625. The minimum Gasteiger partial charge on any atom is -0.494 e. The van der Waals surface area contributed by atoms with Crippen LogP contribution < -0.4 is 4.74 Å². The molecule has 0 bridgehead atoms. The van der Waals surface area contributed by atoms with E-state index in [9.17, 15) is 5.11 Å². The number of ether oxygens (including phenoxy) is 1. The van der Waals surface area contributed by atoms with Gasteiger partial charge in [0.25, 0.3) is 0 Å². The minimum absolute atomic E-state index is 0.244. The number of aliphatic hydroxyl groups excluding tert-OH is 1. The Balaban J connectivity index is 2.20. The van der Waals surface area contributed by atoms with Crippen LogP contribution in [-0.2, 0) is 0 Å². The number of nitrogens with zero attached hydrogens (tertiary/aromatic N) is 1. The van der Waals surface area contributed by atoms with Crippen LogP contribution in [-0.4, -0.2) is 36.3 Å². The van der Waals surface area contributed by atoms with Gasteiger partial charge in [0.05, 0.1) is 6.61 Å². The van der Waals surface area contributed by atoms with Gasteiger partial charge in [-0.15, -0.1) is 0 Å². The third-order valence-electron chi connectivity index (χ3n) is 3.90. The van der Waals surface area contributed by atoms with Gasteiger partial charge in [0.15, 0.2) is 0 Å². The molecule has 1 aromatic rings. The summed E-state index contributed by atoms with van der Waals surface area (Å²) in [6.07, 6.45) is 3.37. The SMILES string of the molecule is CCOc1ccc(C(CCO)N2CCCC2)c(C)c1. The highest BCUT2D eigenvalue weighted by Crippen LogP contribution is 2.31. The monoisotopic (exact) mass is 263 g/mol. The Hall–Kier alpha value is -1.06. The van der Waals surface area contributed by atoms with Crippen molar-refractivity contribution in [3.63, 3.8) is 0 Å². The highest BCUT2D eigenvalue weighted by molar-refractivity contribution is 5.36. The van der Waals surface area contributed by atoms with Gasteiger partial charge in [0, 0.05) is 12.6 Å². The van der Waals surface area contributed by atoms with E-state index in [1.165, 1.54) is 24.0 Å². The van der Waals surface area contributed by atoms with Crippen molar-refractivity contribution >= 4 is 0 Å². The van der Waals surface area contributed by atoms with Gasteiger partial charge >= 0.3 is 0 Å². The van der Waals surface area contributed by atoms with Gasteiger partial charge in [0.2, 0.25) is 0 Å². The van der Waals surface area contributed by atoms with E-state index in [0.29, 0.717) is 12.6 Å². The number of hydrogen-bond donors (Lipinski definition) is 1. The van der Waals surface area contributed by atoms with Crippen LogP contribution in [0.1, 0.15) is 43.4 Å². The first-order chi connectivity index (χ1) is 9.26. The number of likely N-dealkylation sites (tertiary alicyclic amines) is 1. The largest absolute Gasteiger partial charge is 0.494 e. The zero-order chi connectivity index (χ0) is 13.7. The molecule has 0 radical (unpaired) electrons. The second kappa shape index (κ2) is 6.92. The van der Waals surface area contributed by atoms with Crippen molar-refractivity contribution in [2.75, 3.05) is 26.3 Å². The molecule has 1 heterocycles. The molecule has 3 nitrogen and oxygen atoms in total. The Morgan fingerprint density at radius 3 is 2.63 bits per heavy atom. The third-order valence-corrected chi connectivity index (χ3v) is 3.90. The van der Waals surface area contributed by atoms with Crippen LogP contribution >= 0.6 is 0 Å². The van der Waals surface area contributed by atoms with E-state index in [-0.39, 0.29) is 6.61 Å². The summed E-state index contributed by atoms with van der Waals surface area (Å²) in [4.78, 5) is 2.50. The standard InChI is InChI=1S/C16H25NO2/c1-3-19-14-6-7-15(13(2)12-14)16(8-11-18)17-9-4-5-10-17/h6-7,12,16,18H,3-5,8-11H2,1-2H3. The highest BCUT2D eigenvalue weighted by atomic mass is 16.5. The van der Waals surface area contributed by atoms with Crippen LogP contribution in [0.15, 0.2) is 18.2 Å². The fourth-order valence-electron chi connectivity index (χ4n) is 2.99. The zero-order valence-electron chi connectivity index (χ0n) is 12.1. The second-order valence-electron chi connectivity index (χ2n) is 5.22. The van der Waals surface area contributed by atoms with Gasteiger partial charge in [-0.1, -0.05) is 6.07 Å². The Labute approximate surface area is 116 Å². The van der Waals surface area contributed by atoms with E-state index in [1.807, 2.05) is 13.0 Å². The average Bonchev–Trinajstić information content (AvgIpc) is 2.91. The smallest absolute Gasteiger partial charge is 0.119 e. The first-order valence-corrected chi connectivity index (χ1v) is 7.34. The third kappa shape index (κ3) is 3.48. The number of rotatable bonds is 6. The summed E-state index contributed by atoms with van der Waals surface area (Å²) in [5, 5.41) is 9.34. The maximum atomic E-state index is 9.34. The van der Waals surface area contributed by atoms with E-state index >= 15 is 0 Å². The predicted octanol–water partition coefficient (Wildman–Crippen LogP) is 2.91. The Morgan fingerprint density at radius 1 is 1.32 bits per heavy atom. The lowest BCUT2D eigenvalue weighted by Gasteiger charge is -2.29. The molecule has 1 aliphatic heterocycles. The first-order valence-electron chi connectivity index (χ1n) is 7.34. The molecule has 1 N–H and O–H groups in total. The first kappa shape index (κ1) is 14.4. The van der Waals surface area contributed by atoms with Crippen molar-refractivity contribution in [1.82, 2.24) is 4.90 Å². The van der Waals surface area contributed by atoms with Crippen LogP contribution in [0, 0.1) is 6.92 Å². The van der Waals surface area contributed by atoms with Gasteiger partial charge in [-0.2, -0.15) is 0 Å². The number of aliphatic hydroxyl groups is 1. The van der Waals surface area contributed by atoms with Gasteiger partial charge < -0.3 is 9.84 Å². The molecule has 1 fully saturated rings. The second-order valence-corrected chi connectivity index (χ2v) is 5.22. The molecule has 1 aliphatic rings. The van der Waals surface area contributed by atoms with Gasteiger partial charge in [-0.05, 0) is 69.5 Å². The summed E-state index contributed by atoms with van der Waals surface area (Å²) in [6.45, 7) is 7.38. The van der Waals surface area contributed by atoms with Crippen LogP contribution in [0.25, 0.3) is 0 Å². The van der Waals surface area contributed by atoms with Crippen molar-refractivity contribution in [2.45, 2.75) is 39.2 Å². The molecular formula is C16H25NO2. The highest BCUT2D eigenvalue weighted by Gasteiger charge is 2.24. The Morgan fingerprint density at radius 2 is 2.05 bits per heavy atom. The van der Waals surface area contributed by atoms with Crippen molar-refractivity contribution in [3.8, 4) is 5.75 Å². The summed E-state index contributed by atoms with van der Waals surface area (Å²) in [6, 6.07) is 6.67. The van der Waals surface area contributed by atoms with Crippen LogP contribution in [0.4, 0.5) is 0 Å². The summed E-state index contributed by atoms with van der Waals surface area (Å²) in [5.41, 5.74) is 2.59. The summed E-state index contributed by atoms with van der Waals surface area (Å²) >= 11 is 0. The average molecular weight is 263 g/mol. The maximum Gasteiger partial charge on any atom is 0.119 e. The summed E-state index contributed by atoms with van der Waals surface area (Å²) in [5.74, 6) is 0.938. The van der Waals surface area contributed by atoms with E-state index in [2.05, 4.69) is 24.0 Å². The van der Waals surface area contributed by atoms with Crippen LogP contribution in [0.3, 0.4) is 0 Å². The van der Waals surface area contributed by atoms with Crippen molar-refractivity contribution in [2.24, 2.45) is 0 Å². The van der Waals surface area contributed by atoms with E-state index in [4.69, 9.17) is 4.74 Å². The number of aryl methyl sites for hydroxylation is 1. The molecule has 0 aromatic heterocycles. The van der Waals surface area contributed by atoms with Gasteiger partial charge in [0.1, 0.15) is 5.75 Å². The lowest BCUT2D eigenvalue weighted by Crippen LogP contribution is -2.27. The molecule has 1 atom stereocenters. The van der Waals surface area contributed by atoms with E-state index < -0.39 is 0 Å². The maximum absolute atomic E-state index is 9.34. The fourth-order valence-corrected chi connectivity index (χ4v) is 2.99. The molecule has 1 saturated heterocycles. The lowest BCUT2D eigenvalue weighted by atomic mass is 9.97. The van der Waals surface area contributed by atoms with Crippen molar-refractivity contribution in [1.29, 1.82) is 0 Å². The molecule has 0 aliphatic carbocycles. The minimum atomic E-state index is 0.244. The molecule has 1 aromatic carbocycles. The summed E-state index contributed by atoms with van der Waals surface area (Å²) in [7, 11) is 0. The summed E-state index contributed by atoms with van der Waals surface area (Å²) < 4.78 is 5.54. The van der Waals surface area contributed by atoms with Crippen LogP contribution in [0.5, 0.6) is 5.75 Å². The Bertz CT molecular complexity index is 400. The molecule has 3 heteroatoms. The number of benzene rings is 1. The van der Waals surface area contributed by atoms with Crippen molar-refractivity contribution < 1.29 is 9.84 Å². The molecule has 19 heavy (non-hydrogen) atoms. The lowest BCUT2D eigenvalue weighted by molar-refractivity contribution is 0.185. The molecule has 1 unspecified atom stereocenters. The Kier molecular flexibility index (Phi) is 5.23. The topological polar surface area (TPSA) is 32.7 Å². The van der Waals surface area contributed by atoms with E-state index in [0.717, 1.165) is 25.3 Å². The van der Waals surface area contributed by atoms with Crippen molar-refractivity contribution in [3.05, 3.63) is 29.3 Å². The van der Waals surface area contributed by atoms with E-state index in [1.54, 1.807) is 0 Å². The van der Waals surface area contributed by atoms with Gasteiger partial charge in [-0.3, -0.25) is 4.90 Å². The zero-order valence-corrected chi connectivity index (χ0v) is 12.1. The normalized spacial score (nSPS) is 17.6. The molecule has 0 amide bonds.